The van der Waals surface area contributed by atoms with Crippen LogP contribution in [0, 0.1) is 0 Å². The van der Waals surface area contributed by atoms with E-state index >= 15 is 0 Å². The fourth-order valence-corrected chi connectivity index (χ4v) is 10.8. The Balaban J connectivity index is 1.49. The van der Waals surface area contributed by atoms with E-state index in [9.17, 15) is 61.0 Å². The van der Waals surface area contributed by atoms with Crippen LogP contribution in [0.1, 0.15) is 219 Å². The topological polar surface area (TPSA) is 307 Å². The second-order valence-electron chi connectivity index (χ2n) is 23.2. The van der Waals surface area contributed by atoms with E-state index in [1.54, 1.807) is 6.08 Å². The van der Waals surface area contributed by atoms with Gasteiger partial charge in [-0.3, -0.25) is 4.79 Å². The number of rotatable bonds is 48. The van der Waals surface area contributed by atoms with Gasteiger partial charge in [0, 0.05) is 6.42 Å². The summed E-state index contributed by atoms with van der Waals surface area (Å²) in [6, 6.07) is -0.998. The fourth-order valence-electron chi connectivity index (χ4n) is 10.8. The first-order chi connectivity index (χ1) is 40.3. The molecule has 19 nitrogen and oxygen atoms in total. The lowest BCUT2D eigenvalue weighted by molar-refractivity contribution is -0.379. The van der Waals surface area contributed by atoms with Crippen molar-refractivity contribution in [3.63, 3.8) is 0 Å². The molecule has 0 aromatic carbocycles. The Labute approximate surface area is 497 Å². The van der Waals surface area contributed by atoms with Crippen molar-refractivity contribution < 1.29 is 89.4 Å². The van der Waals surface area contributed by atoms with Crippen LogP contribution in [-0.2, 0) is 33.2 Å². The molecule has 12 N–H and O–H groups in total. The molecule has 19 heteroatoms. The molecule has 3 heterocycles. The van der Waals surface area contributed by atoms with Crippen molar-refractivity contribution in [2.24, 2.45) is 0 Å². The van der Waals surface area contributed by atoms with E-state index in [0.717, 1.165) is 64.2 Å². The summed E-state index contributed by atoms with van der Waals surface area (Å²) in [7, 11) is 0. The van der Waals surface area contributed by atoms with Crippen LogP contribution in [0.5, 0.6) is 0 Å². The summed E-state index contributed by atoms with van der Waals surface area (Å²) in [6.07, 6.45) is 26.6. The number of amides is 1. The second kappa shape index (κ2) is 46.8. The van der Waals surface area contributed by atoms with Crippen LogP contribution in [0.4, 0.5) is 0 Å². The number of nitrogens with one attached hydrogen (secondary N) is 1. The molecule has 3 fully saturated rings. The van der Waals surface area contributed by atoms with Crippen molar-refractivity contribution in [1.82, 2.24) is 5.32 Å². The first-order valence-corrected chi connectivity index (χ1v) is 32.4. The molecule has 17 atom stereocenters. The molecule has 0 saturated carbocycles. The van der Waals surface area contributed by atoms with E-state index in [1.165, 1.54) is 122 Å². The highest BCUT2D eigenvalue weighted by atomic mass is 16.8. The molecule has 83 heavy (non-hydrogen) atoms. The summed E-state index contributed by atoms with van der Waals surface area (Å²) in [5.41, 5.74) is 0. The predicted molar refractivity (Wildman–Crippen MR) is 319 cm³/mol. The Bertz CT molecular complexity index is 1700. The maximum Gasteiger partial charge on any atom is 0.220 e. The minimum absolute atomic E-state index is 0.218. The number of unbranched alkanes of at least 4 members (excludes halogenated alkanes) is 26. The number of aliphatic hydroxyl groups excluding tert-OH is 11. The minimum Gasteiger partial charge on any atom is -0.394 e. The lowest BCUT2D eigenvalue weighted by atomic mass is 9.96. The molecule has 0 radical (unpaired) electrons. The Kier molecular flexibility index (Phi) is 42.3. The summed E-state index contributed by atoms with van der Waals surface area (Å²) < 4.78 is 34.3. The zero-order valence-electron chi connectivity index (χ0n) is 50.7. The smallest absolute Gasteiger partial charge is 0.220 e. The van der Waals surface area contributed by atoms with Crippen LogP contribution in [0.15, 0.2) is 48.6 Å². The molecule has 0 aromatic heterocycles. The monoisotopic (exact) mass is 1190 g/mol. The Hall–Kier alpha value is -2.25. The van der Waals surface area contributed by atoms with Gasteiger partial charge >= 0.3 is 0 Å². The van der Waals surface area contributed by atoms with Gasteiger partial charge in [0.1, 0.15) is 73.2 Å². The number of carbonyl (C=O) groups excluding carboxylic acids is 1. The minimum atomic E-state index is -1.98. The quantitative estimate of drug-likeness (QED) is 0.0215. The zero-order valence-corrected chi connectivity index (χ0v) is 50.7. The number of hydrogen-bond donors (Lipinski definition) is 12. The fraction of sp³-hybridized carbons (Fsp3) is 0.859. The molecule has 3 saturated heterocycles. The second-order valence-corrected chi connectivity index (χ2v) is 23.2. The van der Waals surface area contributed by atoms with E-state index < -0.39 is 124 Å². The molecular weight excluding hydrogens is 1070 g/mol. The highest BCUT2D eigenvalue weighted by Crippen LogP contribution is 2.33. The van der Waals surface area contributed by atoms with Gasteiger partial charge in [0.2, 0.25) is 5.91 Å². The predicted octanol–water partition coefficient (Wildman–Crippen LogP) is 7.04. The van der Waals surface area contributed by atoms with Crippen LogP contribution in [0.3, 0.4) is 0 Å². The van der Waals surface area contributed by atoms with Crippen LogP contribution in [0.25, 0.3) is 0 Å². The van der Waals surface area contributed by atoms with Crippen LogP contribution in [-0.4, -0.2) is 193 Å². The molecule has 3 aliphatic heterocycles. The Morgan fingerprint density at radius 2 is 0.807 bits per heavy atom. The van der Waals surface area contributed by atoms with Gasteiger partial charge in [0.25, 0.3) is 0 Å². The van der Waals surface area contributed by atoms with Crippen molar-refractivity contribution >= 4 is 5.91 Å². The number of aliphatic hydroxyl groups is 11. The summed E-state index contributed by atoms with van der Waals surface area (Å²) in [4.78, 5) is 13.3. The van der Waals surface area contributed by atoms with Gasteiger partial charge in [0.05, 0.1) is 38.6 Å². The van der Waals surface area contributed by atoms with Gasteiger partial charge in [0.15, 0.2) is 18.9 Å². The third-order valence-corrected chi connectivity index (χ3v) is 16.1. The van der Waals surface area contributed by atoms with E-state index in [1.807, 2.05) is 6.08 Å². The first-order valence-electron chi connectivity index (χ1n) is 32.4. The summed E-state index contributed by atoms with van der Waals surface area (Å²) in [6.45, 7) is 1.68. The highest BCUT2D eigenvalue weighted by molar-refractivity contribution is 5.76. The Morgan fingerprint density at radius 3 is 1.29 bits per heavy atom. The lowest BCUT2D eigenvalue weighted by Gasteiger charge is -2.48. The van der Waals surface area contributed by atoms with Crippen molar-refractivity contribution in [2.75, 3.05) is 26.4 Å². The SMILES string of the molecule is CCCCCC/C=C\C/C=C\CCCCCCCC(=O)NC(COC1OC(CO)C(OC2OC(CO)C(OC3OC(CO)C(O)C(O)C3O)C(O)C2O)C(O)C1O)C(O)/C=C/CC/C=C/CCCCCCCCCCCCCCCCCC. The molecule has 0 spiro atoms. The van der Waals surface area contributed by atoms with Gasteiger partial charge in [-0.1, -0.05) is 197 Å². The normalized spacial score (nSPS) is 29.7. The third-order valence-electron chi connectivity index (χ3n) is 16.1. The Morgan fingerprint density at radius 1 is 0.434 bits per heavy atom. The van der Waals surface area contributed by atoms with Crippen molar-refractivity contribution in [2.45, 2.75) is 324 Å². The molecule has 17 unspecified atom stereocenters. The van der Waals surface area contributed by atoms with E-state index in [4.69, 9.17) is 28.4 Å². The van der Waals surface area contributed by atoms with Crippen molar-refractivity contribution in [1.29, 1.82) is 0 Å². The van der Waals surface area contributed by atoms with Crippen molar-refractivity contribution in [3.8, 4) is 0 Å². The van der Waals surface area contributed by atoms with Crippen LogP contribution in [0.2, 0.25) is 0 Å². The summed E-state index contributed by atoms with van der Waals surface area (Å²) in [5, 5.41) is 120. The summed E-state index contributed by atoms with van der Waals surface area (Å²) in [5.74, 6) is -0.300. The van der Waals surface area contributed by atoms with E-state index in [-0.39, 0.29) is 18.9 Å². The zero-order chi connectivity index (χ0) is 60.5. The van der Waals surface area contributed by atoms with E-state index in [0.29, 0.717) is 12.8 Å². The van der Waals surface area contributed by atoms with Gasteiger partial charge in [-0.25, -0.2) is 0 Å². The van der Waals surface area contributed by atoms with Gasteiger partial charge in [-0.15, -0.1) is 0 Å². The maximum atomic E-state index is 13.3. The van der Waals surface area contributed by atoms with E-state index in [2.05, 4.69) is 55.6 Å². The molecule has 0 aromatic rings. The highest BCUT2D eigenvalue weighted by Gasteiger charge is 2.53. The number of hydrogen-bond acceptors (Lipinski definition) is 18. The number of carbonyl (C=O) groups is 1. The number of ether oxygens (including phenoxy) is 6. The molecule has 3 rings (SSSR count). The molecule has 3 aliphatic rings. The van der Waals surface area contributed by atoms with Crippen molar-refractivity contribution in [3.05, 3.63) is 48.6 Å². The number of allylic oxidation sites excluding steroid dienone is 7. The molecule has 1 amide bonds. The van der Waals surface area contributed by atoms with Gasteiger partial charge in [-0.05, 0) is 64.2 Å². The van der Waals surface area contributed by atoms with Crippen LogP contribution >= 0.6 is 0 Å². The molecule has 0 bridgehead atoms. The molecule has 484 valence electrons. The standard InChI is InChI=1S/C64H115NO18/c1-3-5-7-9-11-13-15-17-19-21-22-23-24-25-26-27-29-31-33-35-37-39-41-48(69)47(65-52(70)42-40-38-36-34-32-30-28-20-18-16-14-12-10-8-6-4-2)46-78-62-58(76)55(73)60(50(44-67)80-62)83-64-59(77)56(74)61(51(45-68)81-64)82-63-57(75)54(72)53(71)49(43-66)79-63/h14,16,20,28,31,33,39,41,47-51,53-64,66-69,71-77H,3-13,15,17-19,21-27,29-30,32,34-38,40,42-46H2,1-2H3,(H,65,70)/b16-14-,28-20-,33-31+,41-39+. The van der Waals surface area contributed by atoms with Crippen LogP contribution < -0.4 is 5.32 Å². The first kappa shape index (κ1) is 75.0. The summed E-state index contributed by atoms with van der Waals surface area (Å²) >= 11 is 0. The van der Waals surface area contributed by atoms with Gasteiger partial charge < -0.3 is 89.9 Å². The largest absolute Gasteiger partial charge is 0.394 e. The average molecular weight is 1190 g/mol. The van der Waals surface area contributed by atoms with Gasteiger partial charge in [-0.2, -0.15) is 0 Å². The average Bonchev–Trinajstić information content (AvgIpc) is 3.25. The lowest BCUT2D eigenvalue weighted by Crippen LogP contribution is -2.66. The molecule has 0 aliphatic carbocycles. The maximum absolute atomic E-state index is 13.3. The third kappa shape index (κ3) is 30.0. The molecular formula is C64H115NO18.